The molecule has 1 N–H and O–H groups in total. The van der Waals surface area contributed by atoms with Crippen LogP contribution < -0.4 is 4.74 Å². The number of nitrogens with zero attached hydrogens (tertiary/aromatic N) is 2. The van der Waals surface area contributed by atoms with Crippen molar-refractivity contribution in [2.75, 3.05) is 7.11 Å². The van der Waals surface area contributed by atoms with Crippen LogP contribution >= 0.6 is 0 Å². The van der Waals surface area contributed by atoms with Crippen molar-refractivity contribution >= 4 is 17.4 Å². The van der Waals surface area contributed by atoms with E-state index in [-0.39, 0.29) is 23.4 Å². The highest BCUT2D eigenvalue weighted by molar-refractivity contribution is 6.46. The maximum absolute atomic E-state index is 13.7. The van der Waals surface area contributed by atoms with Gasteiger partial charge in [-0.25, -0.2) is 4.39 Å². The predicted octanol–water partition coefficient (Wildman–Crippen LogP) is 4.16. The number of aliphatic hydroxyl groups is 1. The normalized spacial score (nSPS) is 17.6. The summed E-state index contributed by atoms with van der Waals surface area (Å²) in [5.41, 5.74) is 1.68. The van der Waals surface area contributed by atoms with E-state index in [1.54, 1.807) is 56.6 Å². The predicted molar refractivity (Wildman–Crippen MR) is 116 cm³/mol. The summed E-state index contributed by atoms with van der Waals surface area (Å²) in [4.78, 5) is 31.8. The number of Topliss-reactive ketones (excluding diaryl/α,β-unsaturated/α-hetero) is 1. The molecule has 0 spiro atoms. The largest absolute Gasteiger partial charge is 0.507 e. The van der Waals surface area contributed by atoms with Gasteiger partial charge in [-0.05, 0) is 60.5 Å². The lowest BCUT2D eigenvalue weighted by atomic mass is 9.97. The summed E-state index contributed by atoms with van der Waals surface area (Å²) >= 11 is 0. The molecule has 1 atom stereocenters. The number of ether oxygens (including phenoxy) is 1. The third kappa shape index (κ3) is 3.85. The standard InChI is InChI=1S/C25H21FN2O4/c1-15-12-17(9-10-19(15)26)23(29)21-22(20-8-3-4-11-27-20)28(25(31)24(21)30)14-16-6-5-7-18(13-16)32-2/h3-13,22,29H,14H2,1-2H3/b23-21-. The summed E-state index contributed by atoms with van der Waals surface area (Å²) in [5, 5.41) is 11.0. The average Bonchev–Trinajstić information content (AvgIpc) is 3.06. The number of carbonyl (C=O) groups excluding carboxylic acids is 2. The first-order chi connectivity index (χ1) is 15.4. The maximum Gasteiger partial charge on any atom is 0.296 e. The van der Waals surface area contributed by atoms with Gasteiger partial charge in [0.15, 0.2) is 0 Å². The summed E-state index contributed by atoms with van der Waals surface area (Å²) in [6.45, 7) is 1.67. The number of ketones is 1. The van der Waals surface area contributed by atoms with Crippen LogP contribution in [0.5, 0.6) is 5.75 Å². The van der Waals surface area contributed by atoms with Gasteiger partial charge >= 0.3 is 0 Å². The maximum atomic E-state index is 13.7. The van der Waals surface area contributed by atoms with Crippen molar-refractivity contribution in [2.24, 2.45) is 0 Å². The van der Waals surface area contributed by atoms with Crippen molar-refractivity contribution < 1.29 is 23.8 Å². The molecule has 2 heterocycles. The van der Waals surface area contributed by atoms with Crippen molar-refractivity contribution in [1.82, 2.24) is 9.88 Å². The summed E-state index contributed by atoms with van der Waals surface area (Å²) in [7, 11) is 1.55. The molecule has 1 unspecified atom stereocenters. The van der Waals surface area contributed by atoms with E-state index < -0.39 is 23.5 Å². The number of hydrogen-bond donors (Lipinski definition) is 1. The van der Waals surface area contributed by atoms with Crippen LogP contribution in [0.15, 0.2) is 72.4 Å². The Morgan fingerprint density at radius 3 is 2.62 bits per heavy atom. The summed E-state index contributed by atoms with van der Waals surface area (Å²) < 4.78 is 19.0. The molecule has 0 radical (unpaired) electrons. The minimum absolute atomic E-state index is 0.0809. The van der Waals surface area contributed by atoms with Gasteiger partial charge in [0.25, 0.3) is 11.7 Å². The second-order valence-corrected chi connectivity index (χ2v) is 7.50. The van der Waals surface area contributed by atoms with Gasteiger partial charge in [0.05, 0.1) is 18.4 Å². The minimum Gasteiger partial charge on any atom is -0.507 e. The molecule has 0 bridgehead atoms. The van der Waals surface area contributed by atoms with E-state index in [4.69, 9.17) is 4.74 Å². The molecule has 32 heavy (non-hydrogen) atoms. The molecule has 1 aromatic heterocycles. The first-order valence-electron chi connectivity index (χ1n) is 9.99. The minimum atomic E-state index is -0.896. The van der Waals surface area contributed by atoms with Gasteiger partial charge in [-0.2, -0.15) is 0 Å². The molecule has 0 saturated carbocycles. The van der Waals surface area contributed by atoms with Gasteiger partial charge in [-0.15, -0.1) is 0 Å². The topological polar surface area (TPSA) is 79.7 Å². The van der Waals surface area contributed by atoms with E-state index in [0.717, 1.165) is 5.56 Å². The monoisotopic (exact) mass is 432 g/mol. The van der Waals surface area contributed by atoms with Gasteiger partial charge in [0.2, 0.25) is 0 Å². The highest BCUT2D eigenvalue weighted by Crippen LogP contribution is 2.39. The number of methoxy groups -OCH3 is 1. The van der Waals surface area contributed by atoms with Gasteiger partial charge < -0.3 is 14.7 Å². The molecular formula is C25H21FN2O4. The van der Waals surface area contributed by atoms with Crippen molar-refractivity contribution in [1.29, 1.82) is 0 Å². The third-order valence-corrected chi connectivity index (χ3v) is 5.43. The fraction of sp³-hybridized carbons (Fsp3) is 0.160. The second-order valence-electron chi connectivity index (χ2n) is 7.50. The Labute approximate surface area is 184 Å². The van der Waals surface area contributed by atoms with Gasteiger partial charge in [-0.3, -0.25) is 14.6 Å². The van der Waals surface area contributed by atoms with Crippen molar-refractivity contribution in [2.45, 2.75) is 19.5 Å². The number of likely N-dealkylation sites (tertiary alicyclic amines) is 1. The van der Waals surface area contributed by atoms with Crippen LogP contribution in [0.25, 0.3) is 5.76 Å². The first kappa shape index (κ1) is 21.2. The summed E-state index contributed by atoms with van der Waals surface area (Å²) in [6.07, 6.45) is 1.56. The molecule has 3 aromatic rings. The van der Waals surface area contributed by atoms with Gasteiger partial charge in [-0.1, -0.05) is 18.2 Å². The van der Waals surface area contributed by atoms with E-state index >= 15 is 0 Å². The lowest BCUT2D eigenvalue weighted by Gasteiger charge is -2.24. The second kappa shape index (κ2) is 8.63. The highest BCUT2D eigenvalue weighted by Gasteiger charge is 2.46. The number of aryl methyl sites for hydroxylation is 1. The van der Waals surface area contributed by atoms with Crippen LogP contribution in [0.3, 0.4) is 0 Å². The van der Waals surface area contributed by atoms with Gasteiger partial charge in [0, 0.05) is 18.3 Å². The number of aromatic nitrogens is 1. The first-order valence-corrected chi connectivity index (χ1v) is 9.99. The van der Waals surface area contributed by atoms with Crippen LogP contribution in [0.2, 0.25) is 0 Å². The summed E-state index contributed by atoms with van der Waals surface area (Å²) in [6, 6.07) is 15.5. The molecule has 162 valence electrons. The van der Waals surface area contributed by atoms with Crippen LogP contribution in [-0.2, 0) is 16.1 Å². The number of rotatable bonds is 5. The van der Waals surface area contributed by atoms with Gasteiger partial charge in [0.1, 0.15) is 23.4 Å². The van der Waals surface area contributed by atoms with Crippen molar-refractivity contribution in [3.8, 4) is 5.75 Å². The lowest BCUT2D eigenvalue weighted by molar-refractivity contribution is -0.140. The molecule has 1 amide bonds. The third-order valence-electron chi connectivity index (χ3n) is 5.43. The van der Waals surface area contributed by atoms with Crippen molar-refractivity contribution in [3.63, 3.8) is 0 Å². The molecule has 2 aromatic carbocycles. The Bertz CT molecular complexity index is 1220. The van der Waals surface area contributed by atoms with E-state index in [2.05, 4.69) is 4.98 Å². The zero-order chi connectivity index (χ0) is 22.8. The SMILES string of the molecule is COc1cccc(CN2C(=O)C(=O)/C(=C(\O)c3ccc(F)c(C)c3)C2c2ccccn2)c1. The molecule has 1 aliphatic heterocycles. The number of amides is 1. The highest BCUT2D eigenvalue weighted by atomic mass is 19.1. The number of pyridine rings is 1. The van der Waals surface area contributed by atoms with Crippen LogP contribution in [-0.4, -0.2) is 33.8 Å². The Balaban J connectivity index is 1.84. The van der Waals surface area contributed by atoms with E-state index in [9.17, 15) is 19.1 Å². The molecule has 1 fully saturated rings. The van der Waals surface area contributed by atoms with Crippen LogP contribution in [0, 0.1) is 12.7 Å². The fourth-order valence-corrected chi connectivity index (χ4v) is 3.80. The quantitative estimate of drug-likeness (QED) is 0.372. The van der Waals surface area contributed by atoms with Crippen molar-refractivity contribution in [3.05, 3.63) is 101 Å². The van der Waals surface area contributed by atoms with Crippen LogP contribution in [0.4, 0.5) is 4.39 Å². The molecule has 1 saturated heterocycles. The molecule has 4 rings (SSSR count). The smallest absolute Gasteiger partial charge is 0.296 e. The lowest BCUT2D eigenvalue weighted by Crippen LogP contribution is -2.29. The van der Waals surface area contributed by atoms with E-state index in [1.807, 2.05) is 6.07 Å². The number of carbonyl (C=O) groups is 2. The number of halogens is 1. The Kier molecular flexibility index (Phi) is 5.73. The van der Waals surface area contributed by atoms with Crippen LogP contribution in [0.1, 0.15) is 28.4 Å². The summed E-state index contributed by atoms with van der Waals surface area (Å²) in [5.74, 6) is -1.74. The van der Waals surface area contributed by atoms with E-state index in [1.165, 1.54) is 23.1 Å². The fourth-order valence-electron chi connectivity index (χ4n) is 3.80. The molecule has 7 heteroatoms. The molecular weight excluding hydrogens is 411 g/mol. The zero-order valence-electron chi connectivity index (χ0n) is 17.6. The number of hydrogen-bond acceptors (Lipinski definition) is 5. The molecule has 1 aliphatic rings. The Hall–Kier alpha value is -4.00. The molecule has 6 nitrogen and oxygen atoms in total. The Morgan fingerprint density at radius 1 is 1.12 bits per heavy atom. The average molecular weight is 432 g/mol. The molecule has 0 aliphatic carbocycles. The van der Waals surface area contributed by atoms with E-state index in [0.29, 0.717) is 17.0 Å². The zero-order valence-corrected chi connectivity index (χ0v) is 17.6. The number of aliphatic hydroxyl groups excluding tert-OH is 1. The number of benzene rings is 2. The Morgan fingerprint density at radius 2 is 1.94 bits per heavy atom.